The van der Waals surface area contributed by atoms with Crippen LogP contribution < -0.4 is 5.32 Å². The topological polar surface area (TPSA) is 86.6 Å². The summed E-state index contributed by atoms with van der Waals surface area (Å²) >= 11 is 0. The molecule has 0 rings (SSSR count). The van der Waals surface area contributed by atoms with Crippen LogP contribution in [0.1, 0.15) is 40.5 Å². The highest BCUT2D eigenvalue weighted by Crippen LogP contribution is 2.25. The predicted octanol–water partition coefficient (Wildman–Crippen LogP) is 1.01. The highest BCUT2D eigenvalue weighted by molar-refractivity contribution is 5.78. The van der Waals surface area contributed by atoms with E-state index in [9.17, 15) is 9.59 Å². The number of carbonyl (C=O) groups is 2. The highest BCUT2D eigenvalue weighted by atomic mass is 16.4. The van der Waals surface area contributed by atoms with Crippen molar-refractivity contribution in [2.45, 2.75) is 46.6 Å². The second-order valence-electron chi connectivity index (χ2n) is 5.73. The number of hydrogen-bond acceptors (Lipinski definition) is 3. The van der Waals surface area contributed by atoms with E-state index in [4.69, 9.17) is 10.2 Å². The standard InChI is InChI=1S/C12H23NO4/c1-8(6-12(2,3)4)5-10(15)13-7-9(14)11(16)17/h8-9,14H,5-7H2,1-4H3,(H,13,15)(H,16,17)/t8?,9-/m0/s1. The molecule has 0 aromatic heterocycles. The van der Waals surface area contributed by atoms with Gasteiger partial charge >= 0.3 is 5.97 Å². The Balaban J connectivity index is 3.90. The lowest BCUT2D eigenvalue weighted by molar-refractivity contribution is -0.146. The zero-order chi connectivity index (χ0) is 13.6. The van der Waals surface area contributed by atoms with Gasteiger partial charge in [-0.25, -0.2) is 4.79 Å². The Morgan fingerprint density at radius 1 is 1.29 bits per heavy atom. The van der Waals surface area contributed by atoms with Gasteiger partial charge in [0.25, 0.3) is 0 Å². The van der Waals surface area contributed by atoms with Gasteiger partial charge in [-0.2, -0.15) is 0 Å². The summed E-state index contributed by atoms with van der Waals surface area (Å²) < 4.78 is 0. The lowest BCUT2D eigenvalue weighted by atomic mass is 9.84. The molecule has 0 aliphatic heterocycles. The van der Waals surface area contributed by atoms with Crippen LogP contribution in [0.3, 0.4) is 0 Å². The van der Waals surface area contributed by atoms with Crippen LogP contribution in [0, 0.1) is 11.3 Å². The van der Waals surface area contributed by atoms with Crippen molar-refractivity contribution < 1.29 is 19.8 Å². The third kappa shape index (κ3) is 8.68. The van der Waals surface area contributed by atoms with E-state index in [2.05, 4.69) is 26.1 Å². The number of aliphatic hydroxyl groups excluding tert-OH is 1. The van der Waals surface area contributed by atoms with Crippen molar-refractivity contribution in [3.63, 3.8) is 0 Å². The Hall–Kier alpha value is -1.10. The number of nitrogens with one attached hydrogen (secondary N) is 1. The van der Waals surface area contributed by atoms with Crippen molar-refractivity contribution in [3.8, 4) is 0 Å². The molecule has 100 valence electrons. The largest absolute Gasteiger partial charge is 0.479 e. The van der Waals surface area contributed by atoms with Gasteiger partial charge in [0.15, 0.2) is 6.10 Å². The van der Waals surface area contributed by atoms with Crippen molar-refractivity contribution in [2.75, 3.05) is 6.54 Å². The van der Waals surface area contributed by atoms with E-state index in [0.717, 1.165) is 6.42 Å². The summed E-state index contributed by atoms with van der Waals surface area (Å²) in [5.41, 5.74) is 0.167. The van der Waals surface area contributed by atoms with Crippen molar-refractivity contribution in [1.29, 1.82) is 0 Å². The molecule has 0 aliphatic carbocycles. The number of carboxylic acid groups (broad SMARTS) is 1. The van der Waals surface area contributed by atoms with Gasteiger partial charge in [0.05, 0.1) is 6.54 Å². The van der Waals surface area contributed by atoms with Crippen molar-refractivity contribution >= 4 is 11.9 Å². The van der Waals surface area contributed by atoms with Crippen LogP contribution >= 0.6 is 0 Å². The zero-order valence-electron chi connectivity index (χ0n) is 11.0. The summed E-state index contributed by atoms with van der Waals surface area (Å²) in [6.07, 6.45) is -0.261. The van der Waals surface area contributed by atoms with Crippen LogP contribution in [0.5, 0.6) is 0 Å². The Morgan fingerprint density at radius 3 is 2.24 bits per heavy atom. The first-order valence-electron chi connectivity index (χ1n) is 5.79. The number of carboxylic acids is 1. The Kier molecular flexibility index (Phi) is 6.16. The maximum atomic E-state index is 11.5. The first-order valence-corrected chi connectivity index (χ1v) is 5.79. The van der Waals surface area contributed by atoms with Crippen LogP contribution in [0.2, 0.25) is 0 Å². The van der Waals surface area contributed by atoms with Crippen LogP contribution in [0.15, 0.2) is 0 Å². The van der Waals surface area contributed by atoms with Crippen LogP contribution in [-0.2, 0) is 9.59 Å². The molecule has 0 spiro atoms. The van der Waals surface area contributed by atoms with Gasteiger partial charge in [0.1, 0.15) is 0 Å². The summed E-state index contributed by atoms with van der Waals surface area (Å²) in [6.45, 7) is 8.07. The lowest BCUT2D eigenvalue weighted by Crippen LogP contribution is -2.37. The maximum absolute atomic E-state index is 11.5. The number of hydrogen-bond donors (Lipinski definition) is 3. The molecule has 5 heteroatoms. The highest BCUT2D eigenvalue weighted by Gasteiger charge is 2.19. The SMILES string of the molecule is CC(CC(=O)NC[C@H](O)C(=O)O)CC(C)(C)C. The summed E-state index contributed by atoms with van der Waals surface area (Å²) in [7, 11) is 0. The van der Waals surface area contributed by atoms with Crippen LogP contribution in [-0.4, -0.2) is 34.7 Å². The van der Waals surface area contributed by atoms with Gasteiger partial charge in [-0.05, 0) is 17.8 Å². The summed E-state index contributed by atoms with van der Waals surface area (Å²) in [6, 6.07) is 0. The molecule has 0 saturated carbocycles. The third-order valence-corrected chi connectivity index (χ3v) is 2.27. The predicted molar refractivity (Wildman–Crippen MR) is 64.5 cm³/mol. The van der Waals surface area contributed by atoms with Gasteiger partial charge in [0.2, 0.25) is 5.91 Å². The second-order valence-corrected chi connectivity index (χ2v) is 5.73. The van der Waals surface area contributed by atoms with Crippen LogP contribution in [0.4, 0.5) is 0 Å². The van der Waals surface area contributed by atoms with Crippen molar-refractivity contribution in [1.82, 2.24) is 5.32 Å². The van der Waals surface area contributed by atoms with E-state index in [1.54, 1.807) is 0 Å². The van der Waals surface area contributed by atoms with Crippen molar-refractivity contribution in [3.05, 3.63) is 0 Å². The van der Waals surface area contributed by atoms with E-state index in [1.807, 2.05) is 6.92 Å². The molecule has 3 N–H and O–H groups in total. The summed E-state index contributed by atoms with van der Waals surface area (Å²) in [5.74, 6) is -1.31. The number of carbonyl (C=O) groups excluding carboxylic acids is 1. The average Bonchev–Trinajstić information content (AvgIpc) is 2.10. The first-order chi connectivity index (χ1) is 7.61. The maximum Gasteiger partial charge on any atom is 0.334 e. The monoisotopic (exact) mass is 245 g/mol. The van der Waals surface area contributed by atoms with E-state index >= 15 is 0 Å². The molecule has 0 aromatic carbocycles. The molecular formula is C12H23NO4. The Labute approximate surface area is 102 Å². The summed E-state index contributed by atoms with van der Waals surface area (Å²) in [4.78, 5) is 21.8. The van der Waals surface area contributed by atoms with Gasteiger partial charge in [0, 0.05) is 6.42 Å². The van der Waals surface area contributed by atoms with Gasteiger partial charge < -0.3 is 15.5 Å². The molecule has 17 heavy (non-hydrogen) atoms. The lowest BCUT2D eigenvalue weighted by Gasteiger charge is -2.22. The molecule has 0 fully saturated rings. The van der Waals surface area contributed by atoms with Gasteiger partial charge in [-0.15, -0.1) is 0 Å². The quantitative estimate of drug-likeness (QED) is 0.652. The van der Waals surface area contributed by atoms with Crippen LogP contribution in [0.25, 0.3) is 0 Å². The van der Waals surface area contributed by atoms with E-state index in [0.29, 0.717) is 6.42 Å². The van der Waals surface area contributed by atoms with E-state index in [-0.39, 0.29) is 23.8 Å². The fourth-order valence-corrected chi connectivity index (χ4v) is 1.80. The third-order valence-electron chi connectivity index (χ3n) is 2.27. The molecule has 0 aliphatic rings. The molecule has 0 radical (unpaired) electrons. The molecule has 0 bridgehead atoms. The molecule has 0 aromatic rings. The van der Waals surface area contributed by atoms with E-state index in [1.165, 1.54) is 0 Å². The number of aliphatic carboxylic acids is 1. The second kappa shape index (κ2) is 6.59. The van der Waals surface area contributed by atoms with Crippen molar-refractivity contribution in [2.24, 2.45) is 11.3 Å². The Bertz CT molecular complexity index is 270. The smallest absolute Gasteiger partial charge is 0.334 e. The molecular weight excluding hydrogens is 222 g/mol. The Morgan fingerprint density at radius 2 is 1.82 bits per heavy atom. The zero-order valence-corrected chi connectivity index (χ0v) is 11.0. The molecule has 1 unspecified atom stereocenters. The molecule has 0 saturated heterocycles. The molecule has 1 amide bonds. The first kappa shape index (κ1) is 15.9. The molecule has 0 heterocycles. The number of aliphatic hydroxyl groups is 1. The average molecular weight is 245 g/mol. The van der Waals surface area contributed by atoms with Gasteiger partial charge in [-0.1, -0.05) is 27.7 Å². The number of amides is 1. The minimum Gasteiger partial charge on any atom is -0.479 e. The minimum atomic E-state index is -1.53. The normalized spacial score (nSPS) is 15.1. The fraction of sp³-hybridized carbons (Fsp3) is 0.833. The minimum absolute atomic E-state index is 0.167. The van der Waals surface area contributed by atoms with Gasteiger partial charge in [-0.3, -0.25) is 4.79 Å². The summed E-state index contributed by atoms with van der Waals surface area (Å²) in [5, 5.41) is 19.8. The molecule has 2 atom stereocenters. The molecule has 5 nitrogen and oxygen atoms in total. The fourth-order valence-electron chi connectivity index (χ4n) is 1.80. The van der Waals surface area contributed by atoms with E-state index < -0.39 is 12.1 Å². The number of rotatable bonds is 6.